The molecule has 5 nitrogen and oxygen atoms in total. The normalized spacial score (nSPS) is 12.5. The van der Waals surface area contributed by atoms with Gasteiger partial charge in [0.15, 0.2) is 0 Å². The number of hydrogen-bond acceptors (Lipinski definition) is 4. The molecule has 164 valence electrons. The van der Waals surface area contributed by atoms with Gasteiger partial charge in [0, 0.05) is 43.5 Å². The van der Waals surface area contributed by atoms with Gasteiger partial charge in [-0.1, -0.05) is 42.5 Å². The predicted octanol–water partition coefficient (Wildman–Crippen LogP) is 5.19. The van der Waals surface area contributed by atoms with Crippen LogP contribution in [0.3, 0.4) is 0 Å². The molecule has 0 aliphatic carbocycles. The van der Waals surface area contributed by atoms with E-state index in [1.165, 1.54) is 16.5 Å². The number of amides is 1. The van der Waals surface area contributed by atoms with Crippen LogP contribution in [0.25, 0.3) is 10.8 Å². The number of nitrogens with one attached hydrogen (secondary N) is 1. The second kappa shape index (κ2) is 10.4. The largest absolute Gasteiger partial charge is 0.444 e. The van der Waals surface area contributed by atoms with Crippen LogP contribution in [0.15, 0.2) is 67.0 Å². The number of rotatable bonds is 8. The van der Waals surface area contributed by atoms with E-state index in [9.17, 15) is 4.79 Å². The lowest BCUT2D eigenvalue weighted by molar-refractivity contribution is 0.0237. The third-order valence-electron chi connectivity index (χ3n) is 5.02. The highest BCUT2D eigenvalue weighted by molar-refractivity contribution is 5.82. The van der Waals surface area contributed by atoms with Gasteiger partial charge in [0.25, 0.3) is 0 Å². The summed E-state index contributed by atoms with van der Waals surface area (Å²) in [5.41, 5.74) is 1.90. The van der Waals surface area contributed by atoms with Gasteiger partial charge in [0.05, 0.1) is 0 Å². The summed E-state index contributed by atoms with van der Waals surface area (Å²) in [6.07, 6.45) is 4.22. The topological polar surface area (TPSA) is 54.5 Å². The highest BCUT2D eigenvalue weighted by Gasteiger charge is 2.23. The summed E-state index contributed by atoms with van der Waals surface area (Å²) in [4.78, 5) is 18.8. The fraction of sp³-hybridized carbons (Fsp3) is 0.385. The molecule has 0 spiro atoms. The van der Waals surface area contributed by atoms with E-state index in [0.29, 0.717) is 13.1 Å². The standard InChI is InChI=1S/C26H33N3O2/c1-20(28-17-22-10-11-24-18-27-14-12-23(24)16-22)19-29(25(30)31-26(2,3)4)15-13-21-8-6-5-7-9-21/h5-12,14,16,18,20,28H,13,15,17,19H2,1-4H3/t20-/m1/s1. The maximum Gasteiger partial charge on any atom is 0.410 e. The number of hydrogen-bond donors (Lipinski definition) is 1. The number of benzene rings is 2. The van der Waals surface area contributed by atoms with Gasteiger partial charge in [-0.15, -0.1) is 0 Å². The van der Waals surface area contributed by atoms with Crippen molar-refractivity contribution in [3.8, 4) is 0 Å². The van der Waals surface area contributed by atoms with Crippen LogP contribution in [0, 0.1) is 0 Å². The maximum atomic E-state index is 12.8. The van der Waals surface area contributed by atoms with E-state index in [0.717, 1.165) is 18.4 Å². The minimum Gasteiger partial charge on any atom is -0.444 e. The molecule has 1 N–H and O–H groups in total. The summed E-state index contributed by atoms with van der Waals surface area (Å²) in [7, 11) is 0. The lowest BCUT2D eigenvalue weighted by Gasteiger charge is -2.29. The minimum absolute atomic E-state index is 0.122. The molecule has 0 saturated carbocycles. The first kappa shape index (κ1) is 22.8. The monoisotopic (exact) mass is 419 g/mol. The minimum atomic E-state index is -0.515. The molecular weight excluding hydrogens is 386 g/mol. The summed E-state index contributed by atoms with van der Waals surface area (Å²) in [5.74, 6) is 0. The number of ether oxygens (including phenoxy) is 1. The number of nitrogens with zero attached hydrogens (tertiary/aromatic N) is 2. The van der Waals surface area contributed by atoms with E-state index in [2.05, 4.69) is 47.6 Å². The van der Waals surface area contributed by atoms with Gasteiger partial charge in [0.2, 0.25) is 0 Å². The van der Waals surface area contributed by atoms with Crippen molar-refractivity contribution in [2.45, 2.75) is 52.3 Å². The van der Waals surface area contributed by atoms with E-state index >= 15 is 0 Å². The molecule has 0 saturated heterocycles. The average Bonchev–Trinajstić information content (AvgIpc) is 2.74. The second-order valence-electron chi connectivity index (χ2n) is 9.00. The second-order valence-corrected chi connectivity index (χ2v) is 9.00. The van der Waals surface area contributed by atoms with Crippen molar-refractivity contribution in [3.05, 3.63) is 78.1 Å². The van der Waals surface area contributed by atoms with Crippen molar-refractivity contribution >= 4 is 16.9 Å². The SMILES string of the molecule is C[C@H](CN(CCc1ccccc1)C(=O)OC(C)(C)C)NCc1ccc2cnccc2c1. The summed E-state index contributed by atoms with van der Waals surface area (Å²) in [6, 6.07) is 18.8. The molecule has 0 aliphatic rings. The first-order valence-corrected chi connectivity index (χ1v) is 10.9. The zero-order valence-corrected chi connectivity index (χ0v) is 19.0. The predicted molar refractivity (Wildman–Crippen MR) is 126 cm³/mol. The smallest absolute Gasteiger partial charge is 0.410 e. The third kappa shape index (κ3) is 7.37. The summed E-state index contributed by atoms with van der Waals surface area (Å²) >= 11 is 0. The highest BCUT2D eigenvalue weighted by atomic mass is 16.6. The van der Waals surface area contributed by atoms with Gasteiger partial charge in [0.1, 0.15) is 5.60 Å². The third-order valence-corrected chi connectivity index (χ3v) is 5.02. The molecule has 0 unspecified atom stereocenters. The lowest BCUT2D eigenvalue weighted by Crippen LogP contribution is -2.45. The zero-order chi connectivity index (χ0) is 22.3. The van der Waals surface area contributed by atoms with Gasteiger partial charge < -0.3 is 15.0 Å². The molecule has 1 aromatic heterocycles. The van der Waals surface area contributed by atoms with Gasteiger partial charge in [-0.2, -0.15) is 0 Å². The van der Waals surface area contributed by atoms with Crippen LogP contribution in [-0.2, 0) is 17.7 Å². The Balaban J connectivity index is 1.60. The molecule has 1 amide bonds. The Hall–Kier alpha value is -2.92. The Labute approximate surface area is 185 Å². The van der Waals surface area contributed by atoms with Crippen LogP contribution in [0.5, 0.6) is 0 Å². The van der Waals surface area contributed by atoms with E-state index in [1.807, 2.05) is 62.3 Å². The molecular formula is C26H33N3O2. The van der Waals surface area contributed by atoms with E-state index in [1.54, 1.807) is 0 Å². The Kier molecular flexibility index (Phi) is 7.64. The van der Waals surface area contributed by atoms with Crippen LogP contribution in [0.1, 0.15) is 38.8 Å². The Morgan fingerprint density at radius 1 is 1.06 bits per heavy atom. The van der Waals surface area contributed by atoms with E-state index in [4.69, 9.17) is 4.74 Å². The number of carbonyl (C=O) groups excluding carboxylic acids is 1. The quantitative estimate of drug-likeness (QED) is 0.546. The maximum absolute atomic E-state index is 12.8. The van der Waals surface area contributed by atoms with Crippen molar-refractivity contribution in [1.82, 2.24) is 15.2 Å². The van der Waals surface area contributed by atoms with Crippen LogP contribution >= 0.6 is 0 Å². The number of fused-ring (bicyclic) bond motifs is 1. The van der Waals surface area contributed by atoms with Gasteiger partial charge >= 0.3 is 6.09 Å². The van der Waals surface area contributed by atoms with E-state index in [-0.39, 0.29) is 12.1 Å². The molecule has 2 aromatic carbocycles. The Morgan fingerprint density at radius 2 is 1.84 bits per heavy atom. The van der Waals surface area contributed by atoms with Gasteiger partial charge in [-0.3, -0.25) is 4.98 Å². The molecule has 3 rings (SSSR count). The number of aromatic nitrogens is 1. The van der Waals surface area contributed by atoms with Crippen molar-refractivity contribution < 1.29 is 9.53 Å². The molecule has 0 fully saturated rings. The zero-order valence-electron chi connectivity index (χ0n) is 19.0. The van der Waals surface area contributed by atoms with Gasteiger partial charge in [-0.05, 0) is 62.8 Å². The van der Waals surface area contributed by atoms with Crippen LogP contribution in [0.2, 0.25) is 0 Å². The van der Waals surface area contributed by atoms with Crippen molar-refractivity contribution in [2.24, 2.45) is 0 Å². The average molecular weight is 420 g/mol. The summed E-state index contributed by atoms with van der Waals surface area (Å²) in [6.45, 7) is 9.74. The molecule has 3 aromatic rings. The van der Waals surface area contributed by atoms with Crippen LogP contribution < -0.4 is 5.32 Å². The van der Waals surface area contributed by atoms with Crippen molar-refractivity contribution in [2.75, 3.05) is 13.1 Å². The molecule has 1 heterocycles. The van der Waals surface area contributed by atoms with E-state index < -0.39 is 5.60 Å². The highest BCUT2D eigenvalue weighted by Crippen LogP contribution is 2.15. The molecule has 0 bridgehead atoms. The number of carbonyl (C=O) groups is 1. The van der Waals surface area contributed by atoms with Gasteiger partial charge in [-0.25, -0.2) is 4.79 Å². The van der Waals surface area contributed by atoms with Crippen molar-refractivity contribution in [1.29, 1.82) is 0 Å². The van der Waals surface area contributed by atoms with Crippen LogP contribution in [-0.4, -0.2) is 40.7 Å². The van der Waals surface area contributed by atoms with Crippen molar-refractivity contribution in [3.63, 3.8) is 0 Å². The summed E-state index contributed by atoms with van der Waals surface area (Å²) < 4.78 is 5.65. The molecule has 0 radical (unpaired) electrons. The lowest BCUT2D eigenvalue weighted by atomic mass is 10.1. The molecule has 31 heavy (non-hydrogen) atoms. The Morgan fingerprint density at radius 3 is 2.58 bits per heavy atom. The Bertz CT molecular complexity index is 983. The fourth-order valence-corrected chi connectivity index (χ4v) is 3.42. The molecule has 5 heteroatoms. The molecule has 0 aliphatic heterocycles. The van der Waals surface area contributed by atoms with Crippen LogP contribution in [0.4, 0.5) is 4.79 Å². The first-order chi connectivity index (χ1) is 14.8. The molecule has 1 atom stereocenters. The number of pyridine rings is 1. The summed E-state index contributed by atoms with van der Waals surface area (Å²) in [5, 5.41) is 5.86. The first-order valence-electron chi connectivity index (χ1n) is 10.9. The fourth-order valence-electron chi connectivity index (χ4n) is 3.42.